The number of fused-ring (bicyclic) bond motifs is 4. The molecule has 6 atom stereocenters. The number of hydrogen-bond donors (Lipinski definition) is 2. The molecule has 0 spiro atoms. The number of anilines is 1. The van der Waals surface area contributed by atoms with Gasteiger partial charge in [0.1, 0.15) is 5.75 Å². The van der Waals surface area contributed by atoms with E-state index in [0.717, 1.165) is 27.3 Å². The summed E-state index contributed by atoms with van der Waals surface area (Å²) in [5.74, 6) is -4.14. The van der Waals surface area contributed by atoms with Gasteiger partial charge in [-0.15, -0.1) is 0 Å². The van der Waals surface area contributed by atoms with Crippen LogP contribution in [0.2, 0.25) is 0 Å². The van der Waals surface area contributed by atoms with Gasteiger partial charge in [0.05, 0.1) is 35.4 Å². The van der Waals surface area contributed by atoms with E-state index in [1.807, 2.05) is 91.9 Å². The summed E-state index contributed by atoms with van der Waals surface area (Å²) >= 11 is 0. The molecule has 8 heteroatoms. The Balaban J connectivity index is 1.28. The van der Waals surface area contributed by atoms with Gasteiger partial charge < -0.3 is 5.11 Å². The number of nitrogens with one attached hydrogen (secondary N) is 1. The van der Waals surface area contributed by atoms with Crippen LogP contribution in [0.5, 0.6) is 5.75 Å². The smallest absolute Gasteiger partial charge is 0.260 e. The minimum Gasteiger partial charge on any atom is -0.508 e. The summed E-state index contributed by atoms with van der Waals surface area (Å²) in [6.45, 7) is 2.16. The predicted octanol–water partition coefficient (Wildman–Crippen LogP) is 5.89. The molecule has 240 valence electrons. The molecule has 48 heavy (non-hydrogen) atoms. The van der Waals surface area contributed by atoms with E-state index < -0.39 is 35.0 Å². The van der Waals surface area contributed by atoms with E-state index in [4.69, 9.17) is 0 Å². The molecule has 2 saturated heterocycles. The molecule has 4 aromatic carbocycles. The van der Waals surface area contributed by atoms with E-state index in [1.165, 1.54) is 4.90 Å². The highest BCUT2D eigenvalue weighted by Crippen LogP contribution is 2.64. The summed E-state index contributed by atoms with van der Waals surface area (Å²) < 4.78 is 0. The van der Waals surface area contributed by atoms with Gasteiger partial charge in [-0.3, -0.25) is 29.5 Å². The van der Waals surface area contributed by atoms with Gasteiger partial charge in [0.15, 0.2) is 0 Å². The van der Waals surface area contributed by atoms with Crippen molar-refractivity contribution in [2.75, 3.05) is 5.43 Å². The van der Waals surface area contributed by atoms with Crippen molar-refractivity contribution in [2.24, 2.45) is 23.7 Å². The minimum absolute atomic E-state index is 0.0821. The number of allylic oxidation sites excluding steroid dienone is 2. The predicted molar refractivity (Wildman–Crippen MR) is 179 cm³/mol. The first kappa shape index (κ1) is 29.9. The van der Waals surface area contributed by atoms with Crippen LogP contribution in [0.1, 0.15) is 41.0 Å². The molecule has 4 aromatic rings. The SMILES string of the molecule is Cc1ccc(NN2C(=O)C3CC4C(=CCC5C(=O)N(Cc6ccccc6)C(=O)C54)C(c4ccc(O)cc4)C3(c3ccccc3)C2=O)cc1. The molecule has 0 radical (unpaired) electrons. The van der Waals surface area contributed by atoms with Crippen molar-refractivity contribution >= 4 is 29.3 Å². The molecular formula is C40H35N3O5. The zero-order valence-electron chi connectivity index (χ0n) is 26.5. The zero-order valence-corrected chi connectivity index (χ0v) is 26.5. The van der Waals surface area contributed by atoms with E-state index >= 15 is 4.79 Å². The lowest BCUT2D eigenvalue weighted by Crippen LogP contribution is -2.53. The van der Waals surface area contributed by atoms with Gasteiger partial charge in [0.2, 0.25) is 11.8 Å². The topological polar surface area (TPSA) is 107 Å². The van der Waals surface area contributed by atoms with Crippen LogP contribution in [-0.4, -0.2) is 38.6 Å². The third-order valence-electron chi connectivity index (χ3n) is 10.9. The van der Waals surface area contributed by atoms with Crippen molar-refractivity contribution in [3.63, 3.8) is 0 Å². The summed E-state index contributed by atoms with van der Waals surface area (Å²) in [5, 5.41) is 11.4. The molecule has 1 saturated carbocycles. The fourth-order valence-electron chi connectivity index (χ4n) is 8.78. The first-order valence-electron chi connectivity index (χ1n) is 16.4. The molecule has 0 bridgehead atoms. The molecule has 2 N–H and O–H groups in total. The normalized spacial score (nSPS) is 27.8. The van der Waals surface area contributed by atoms with Crippen LogP contribution >= 0.6 is 0 Å². The van der Waals surface area contributed by atoms with Crippen molar-refractivity contribution in [1.82, 2.24) is 9.91 Å². The largest absolute Gasteiger partial charge is 0.508 e. The highest BCUT2D eigenvalue weighted by Gasteiger charge is 2.70. The number of hydrogen-bond acceptors (Lipinski definition) is 6. The number of phenolic OH excluding ortho intramolecular Hbond substituents is 1. The standard InChI is InChI=1S/C40H35N3O5/c1-24-12-16-28(17-13-24)41-43-37(46)33-22-32-30(20-21-31-34(32)38(47)42(36(31)45)23-25-8-4-2-5-9-25)35(26-14-18-29(44)19-15-26)40(33,39(43)48)27-10-6-3-7-11-27/h2-20,31-35,41,44H,21-23H2,1H3. The van der Waals surface area contributed by atoms with E-state index in [-0.39, 0.29) is 42.3 Å². The summed E-state index contributed by atoms with van der Waals surface area (Å²) in [4.78, 5) is 59.3. The third-order valence-corrected chi connectivity index (χ3v) is 10.9. The fourth-order valence-corrected chi connectivity index (χ4v) is 8.78. The molecule has 2 aliphatic carbocycles. The number of rotatable bonds is 6. The van der Waals surface area contributed by atoms with Crippen LogP contribution in [0.15, 0.2) is 121 Å². The van der Waals surface area contributed by atoms with Crippen molar-refractivity contribution in [3.05, 3.63) is 143 Å². The average Bonchev–Trinajstić information content (AvgIpc) is 3.47. The lowest BCUT2D eigenvalue weighted by Gasteiger charge is -2.50. The number of carbonyl (C=O) groups excluding carboxylic acids is 4. The molecule has 6 unspecified atom stereocenters. The van der Waals surface area contributed by atoms with Gasteiger partial charge in [0.25, 0.3) is 11.8 Å². The van der Waals surface area contributed by atoms with Gasteiger partial charge in [0, 0.05) is 5.92 Å². The Labute approximate surface area is 278 Å². The molecule has 3 fully saturated rings. The highest BCUT2D eigenvalue weighted by atomic mass is 16.3. The minimum atomic E-state index is -1.34. The van der Waals surface area contributed by atoms with Crippen LogP contribution in [0, 0.1) is 30.6 Å². The van der Waals surface area contributed by atoms with Crippen LogP contribution < -0.4 is 5.43 Å². The highest BCUT2D eigenvalue weighted by molar-refractivity contribution is 6.13. The molecule has 8 nitrogen and oxygen atoms in total. The monoisotopic (exact) mass is 637 g/mol. The Kier molecular flexibility index (Phi) is 7.05. The maximum Gasteiger partial charge on any atom is 0.260 e. The Morgan fingerprint density at radius 1 is 0.771 bits per heavy atom. The number of nitrogens with zero attached hydrogens (tertiary/aromatic N) is 2. The number of likely N-dealkylation sites (tertiary alicyclic amines) is 1. The second-order valence-electron chi connectivity index (χ2n) is 13.4. The van der Waals surface area contributed by atoms with Crippen molar-refractivity contribution in [3.8, 4) is 5.75 Å². The number of aromatic hydroxyl groups is 1. The van der Waals surface area contributed by atoms with Crippen LogP contribution in [0.3, 0.4) is 0 Å². The third kappa shape index (κ3) is 4.43. The summed E-state index contributed by atoms with van der Waals surface area (Å²) in [7, 11) is 0. The molecule has 8 rings (SSSR count). The number of aryl methyl sites for hydroxylation is 1. The molecule has 2 aliphatic heterocycles. The molecule has 4 aliphatic rings. The molecule has 4 amide bonds. The fraction of sp³-hybridized carbons (Fsp3) is 0.250. The first-order chi connectivity index (χ1) is 23.3. The van der Waals surface area contributed by atoms with Crippen LogP contribution in [-0.2, 0) is 31.1 Å². The van der Waals surface area contributed by atoms with E-state index in [0.29, 0.717) is 17.7 Å². The quantitative estimate of drug-likeness (QED) is 0.202. The molecule has 2 heterocycles. The van der Waals surface area contributed by atoms with E-state index in [2.05, 4.69) is 11.5 Å². The van der Waals surface area contributed by atoms with Crippen LogP contribution in [0.25, 0.3) is 0 Å². The second-order valence-corrected chi connectivity index (χ2v) is 13.4. The number of imide groups is 2. The van der Waals surface area contributed by atoms with Crippen molar-refractivity contribution in [2.45, 2.75) is 37.6 Å². The maximum absolute atomic E-state index is 15.1. The number of amides is 4. The average molecular weight is 638 g/mol. The summed E-state index contributed by atoms with van der Waals surface area (Å²) in [6.07, 6.45) is 2.66. The summed E-state index contributed by atoms with van der Waals surface area (Å²) in [5.41, 5.74) is 6.67. The second kappa shape index (κ2) is 11.3. The number of carbonyl (C=O) groups is 4. The first-order valence-corrected chi connectivity index (χ1v) is 16.4. The van der Waals surface area contributed by atoms with Gasteiger partial charge in [-0.05, 0) is 66.6 Å². The van der Waals surface area contributed by atoms with Crippen molar-refractivity contribution in [1.29, 1.82) is 0 Å². The van der Waals surface area contributed by atoms with Crippen LogP contribution in [0.4, 0.5) is 5.69 Å². The van der Waals surface area contributed by atoms with E-state index in [1.54, 1.807) is 24.3 Å². The lowest BCUT2D eigenvalue weighted by molar-refractivity contribution is -0.142. The Morgan fingerprint density at radius 3 is 2.12 bits per heavy atom. The lowest BCUT2D eigenvalue weighted by atomic mass is 9.49. The number of hydrazine groups is 1. The maximum atomic E-state index is 15.1. The Hall–Kier alpha value is -5.50. The Bertz CT molecular complexity index is 1960. The number of phenols is 1. The van der Waals surface area contributed by atoms with Gasteiger partial charge in [-0.25, -0.2) is 0 Å². The summed E-state index contributed by atoms with van der Waals surface area (Å²) in [6, 6.07) is 33.2. The van der Waals surface area contributed by atoms with Gasteiger partial charge >= 0.3 is 0 Å². The van der Waals surface area contributed by atoms with E-state index in [9.17, 15) is 19.5 Å². The Morgan fingerprint density at radius 2 is 1.44 bits per heavy atom. The van der Waals surface area contributed by atoms with Gasteiger partial charge in [-0.2, -0.15) is 5.01 Å². The zero-order chi connectivity index (χ0) is 33.2. The molecule has 0 aromatic heterocycles. The number of benzene rings is 4. The van der Waals surface area contributed by atoms with Gasteiger partial charge in [-0.1, -0.05) is 102 Å². The van der Waals surface area contributed by atoms with Crippen molar-refractivity contribution < 1.29 is 24.3 Å². The molecular weight excluding hydrogens is 602 g/mol.